The SMILES string of the molecule is CNC1(C(C)O)CCCC1. The summed E-state index contributed by atoms with van der Waals surface area (Å²) in [5.74, 6) is 0. The molecule has 0 aromatic rings. The molecule has 1 rings (SSSR count). The first-order valence-electron chi connectivity index (χ1n) is 4.08. The van der Waals surface area contributed by atoms with E-state index >= 15 is 0 Å². The van der Waals surface area contributed by atoms with Gasteiger partial charge in [0.15, 0.2) is 0 Å². The molecule has 1 aliphatic rings. The first-order chi connectivity index (χ1) is 4.71. The summed E-state index contributed by atoms with van der Waals surface area (Å²) in [6, 6.07) is 0. The Morgan fingerprint density at radius 2 is 1.90 bits per heavy atom. The zero-order chi connectivity index (χ0) is 7.61. The molecule has 0 aliphatic heterocycles. The molecule has 2 heteroatoms. The monoisotopic (exact) mass is 143 g/mol. The van der Waals surface area contributed by atoms with Gasteiger partial charge < -0.3 is 10.4 Å². The van der Waals surface area contributed by atoms with E-state index in [1.165, 1.54) is 12.8 Å². The van der Waals surface area contributed by atoms with Crippen molar-refractivity contribution in [3.63, 3.8) is 0 Å². The lowest BCUT2D eigenvalue weighted by Crippen LogP contribution is -2.49. The fourth-order valence-corrected chi connectivity index (χ4v) is 1.88. The minimum absolute atomic E-state index is 0.0417. The minimum Gasteiger partial charge on any atom is -0.391 e. The highest BCUT2D eigenvalue weighted by Gasteiger charge is 2.36. The van der Waals surface area contributed by atoms with Crippen LogP contribution in [0, 0.1) is 0 Å². The maximum Gasteiger partial charge on any atom is 0.0693 e. The second-order valence-corrected chi connectivity index (χ2v) is 3.29. The lowest BCUT2D eigenvalue weighted by Gasteiger charge is -2.31. The van der Waals surface area contributed by atoms with Gasteiger partial charge in [-0.2, -0.15) is 0 Å². The van der Waals surface area contributed by atoms with Crippen molar-refractivity contribution < 1.29 is 5.11 Å². The highest BCUT2D eigenvalue weighted by atomic mass is 16.3. The smallest absolute Gasteiger partial charge is 0.0693 e. The number of hydrogen-bond acceptors (Lipinski definition) is 2. The second-order valence-electron chi connectivity index (χ2n) is 3.29. The van der Waals surface area contributed by atoms with E-state index < -0.39 is 0 Å². The van der Waals surface area contributed by atoms with Gasteiger partial charge in [0, 0.05) is 5.54 Å². The number of aliphatic hydroxyl groups excluding tert-OH is 1. The molecule has 10 heavy (non-hydrogen) atoms. The molecule has 0 heterocycles. The molecule has 2 nitrogen and oxygen atoms in total. The van der Waals surface area contributed by atoms with Gasteiger partial charge in [-0.3, -0.25) is 0 Å². The van der Waals surface area contributed by atoms with Crippen LogP contribution in [-0.4, -0.2) is 23.8 Å². The Kier molecular flexibility index (Phi) is 2.32. The average molecular weight is 143 g/mol. The van der Waals surface area contributed by atoms with Gasteiger partial charge in [0.2, 0.25) is 0 Å². The Morgan fingerprint density at radius 3 is 2.10 bits per heavy atom. The lowest BCUT2D eigenvalue weighted by molar-refractivity contribution is 0.0830. The van der Waals surface area contributed by atoms with Crippen LogP contribution >= 0.6 is 0 Å². The van der Waals surface area contributed by atoms with Crippen LogP contribution in [0.2, 0.25) is 0 Å². The van der Waals surface area contributed by atoms with Crippen LogP contribution in [0.1, 0.15) is 32.6 Å². The molecule has 60 valence electrons. The van der Waals surface area contributed by atoms with Crippen molar-refractivity contribution in [1.82, 2.24) is 5.32 Å². The van der Waals surface area contributed by atoms with E-state index in [-0.39, 0.29) is 11.6 Å². The molecule has 0 aromatic heterocycles. The average Bonchev–Trinajstić information content (AvgIpc) is 2.35. The molecule has 0 bridgehead atoms. The van der Waals surface area contributed by atoms with E-state index in [9.17, 15) is 5.11 Å². The van der Waals surface area contributed by atoms with E-state index in [0.29, 0.717) is 0 Å². The first kappa shape index (κ1) is 8.02. The molecule has 0 radical (unpaired) electrons. The molecular formula is C8H17NO. The fourth-order valence-electron chi connectivity index (χ4n) is 1.88. The van der Waals surface area contributed by atoms with Crippen molar-refractivity contribution in [2.24, 2.45) is 0 Å². The van der Waals surface area contributed by atoms with E-state index in [1.54, 1.807) is 0 Å². The molecule has 2 N–H and O–H groups in total. The summed E-state index contributed by atoms with van der Waals surface area (Å²) in [5.41, 5.74) is 0.0417. The van der Waals surface area contributed by atoms with Crippen LogP contribution < -0.4 is 5.32 Å². The number of nitrogens with one attached hydrogen (secondary N) is 1. The standard InChI is InChI=1S/C8H17NO/c1-7(10)8(9-2)5-3-4-6-8/h7,9-10H,3-6H2,1-2H3. The van der Waals surface area contributed by atoms with Crippen molar-refractivity contribution in [1.29, 1.82) is 0 Å². The Bertz CT molecular complexity index is 106. The number of hydrogen-bond donors (Lipinski definition) is 2. The molecule has 1 saturated carbocycles. The van der Waals surface area contributed by atoms with Crippen molar-refractivity contribution in [2.75, 3.05) is 7.05 Å². The summed E-state index contributed by atoms with van der Waals surface area (Å²) >= 11 is 0. The van der Waals surface area contributed by atoms with Gasteiger partial charge in [-0.1, -0.05) is 12.8 Å². The summed E-state index contributed by atoms with van der Waals surface area (Å²) in [5, 5.41) is 12.7. The van der Waals surface area contributed by atoms with Gasteiger partial charge in [0.1, 0.15) is 0 Å². The van der Waals surface area contributed by atoms with Gasteiger partial charge >= 0.3 is 0 Å². The van der Waals surface area contributed by atoms with Crippen LogP contribution in [-0.2, 0) is 0 Å². The molecular weight excluding hydrogens is 126 g/mol. The summed E-state index contributed by atoms with van der Waals surface area (Å²) < 4.78 is 0. The van der Waals surface area contributed by atoms with Crippen molar-refractivity contribution in [2.45, 2.75) is 44.2 Å². The molecule has 1 unspecified atom stereocenters. The number of likely N-dealkylation sites (N-methyl/N-ethyl adjacent to an activating group) is 1. The third-order valence-electron chi connectivity index (χ3n) is 2.79. The van der Waals surface area contributed by atoms with Gasteiger partial charge in [0.05, 0.1) is 6.10 Å². The quantitative estimate of drug-likeness (QED) is 0.602. The molecule has 0 aromatic carbocycles. The Morgan fingerprint density at radius 1 is 1.40 bits per heavy atom. The molecule has 1 fully saturated rings. The van der Waals surface area contributed by atoms with Gasteiger partial charge in [-0.15, -0.1) is 0 Å². The fraction of sp³-hybridized carbons (Fsp3) is 1.00. The zero-order valence-electron chi connectivity index (χ0n) is 6.85. The molecule has 1 aliphatic carbocycles. The Hall–Kier alpha value is -0.0800. The topological polar surface area (TPSA) is 32.3 Å². The van der Waals surface area contributed by atoms with Gasteiger partial charge in [0.25, 0.3) is 0 Å². The Balaban J connectivity index is 2.58. The Labute approximate surface area is 62.6 Å². The van der Waals surface area contributed by atoms with Gasteiger partial charge in [-0.25, -0.2) is 0 Å². The number of rotatable bonds is 2. The maximum absolute atomic E-state index is 9.44. The minimum atomic E-state index is -0.208. The summed E-state index contributed by atoms with van der Waals surface area (Å²) in [6.07, 6.45) is 4.56. The van der Waals surface area contributed by atoms with E-state index in [1.807, 2.05) is 14.0 Å². The van der Waals surface area contributed by atoms with Crippen molar-refractivity contribution in [3.05, 3.63) is 0 Å². The van der Waals surface area contributed by atoms with Crippen LogP contribution in [0.3, 0.4) is 0 Å². The predicted molar refractivity (Wildman–Crippen MR) is 41.9 cm³/mol. The molecule has 0 spiro atoms. The molecule has 0 saturated heterocycles. The zero-order valence-corrected chi connectivity index (χ0v) is 6.85. The highest BCUT2D eigenvalue weighted by molar-refractivity contribution is 4.95. The lowest BCUT2D eigenvalue weighted by atomic mass is 9.92. The second kappa shape index (κ2) is 2.89. The first-order valence-corrected chi connectivity index (χ1v) is 4.08. The highest BCUT2D eigenvalue weighted by Crippen LogP contribution is 2.31. The molecule has 1 atom stereocenters. The van der Waals surface area contributed by atoms with E-state index in [4.69, 9.17) is 0 Å². The third kappa shape index (κ3) is 1.18. The van der Waals surface area contributed by atoms with E-state index in [0.717, 1.165) is 12.8 Å². The van der Waals surface area contributed by atoms with Gasteiger partial charge in [-0.05, 0) is 26.8 Å². The maximum atomic E-state index is 9.44. The summed E-state index contributed by atoms with van der Waals surface area (Å²) in [7, 11) is 1.94. The summed E-state index contributed by atoms with van der Waals surface area (Å²) in [4.78, 5) is 0. The largest absolute Gasteiger partial charge is 0.391 e. The van der Waals surface area contributed by atoms with Crippen molar-refractivity contribution >= 4 is 0 Å². The van der Waals surface area contributed by atoms with Crippen LogP contribution in [0.5, 0.6) is 0 Å². The predicted octanol–water partition coefficient (Wildman–Crippen LogP) is 0.899. The third-order valence-corrected chi connectivity index (χ3v) is 2.79. The molecule has 0 amide bonds. The van der Waals surface area contributed by atoms with Crippen LogP contribution in [0.4, 0.5) is 0 Å². The van der Waals surface area contributed by atoms with Crippen LogP contribution in [0.15, 0.2) is 0 Å². The summed E-state index contributed by atoms with van der Waals surface area (Å²) in [6.45, 7) is 1.88. The van der Waals surface area contributed by atoms with Crippen molar-refractivity contribution in [3.8, 4) is 0 Å². The normalized spacial score (nSPS) is 26.7. The number of aliphatic hydroxyl groups is 1. The van der Waals surface area contributed by atoms with E-state index in [2.05, 4.69) is 5.32 Å². The van der Waals surface area contributed by atoms with Crippen LogP contribution in [0.25, 0.3) is 0 Å².